The molecule has 166 valence electrons. The molecule has 1 unspecified atom stereocenters. The summed E-state index contributed by atoms with van der Waals surface area (Å²) in [4.78, 5) is 19.7. The van der Waals surface area contributed by atoms with Crippen LogP contribution in [-0.4, -0.2) is 45.5 Å². The quantitative estimate of drug-likeness (QED) is 0.423. The number of carbonyl (C=O) groups is 1. The van der Waals surface area contributed by atoms with Crippen LogP contribution in [0.15, 0.2) is 29.7 Å². The minimum atomic E-state index is -0.161. The Balaban J connectivity index is 1.35. The first-order valence-electron chi connectivity index (χ1n) is 10.4. The number of hydrogen-bond acceptors (Lipinski definition) is 8. The number of hydrogen-bond donors (Lipinski definition) is 1. The lowest BCUT2D eigenvalue weighted by Crippen LogP contribution is -2.15. The Labute approximate surface area is 193 Å². The molecular formula is C22H23N5O3S2. The largest absolute Gasteiger partial charge is 0.497 e. The van der Waals surface area contributed by atoms with E-state index in [0.29, 0.717) is 28.3 Å². The zero-order valence-corrected chi connectivity index (χ0v) is 19.7. The van der Waals surface area contributed by atoms with Crippen molar-refractivity contribution in [2.75, 3.05) is 25.3 Å². The van der Waals surface area contributed by atoms with E-state index in [-0.39, 0.29) is 11.7 Å². The van der Waals surface area contributed by atoms with E-state index in [1.165, 1.54) is 28.6 Å². The first-order valence-corrected chi connectivity index (χ1v) is 12.2. The third-order valence-corrected chi connectivity index (χ3v) is 7.79. The van der Waals surface area contributed by atoms with Gasteiger partial charge in [-0.15, -0.1) is 21.5 Å². The van der Waals surface area contributed by atoms with Crippen molar-refractivity contribution in [1.29, 1.82) is 0 Å². The maximum absolute atomic E-state index is 12.6. The molecule has 3 heterocycles. The third kappa shape index (κ3) is 3.77. The zero-order chi connectivity index (χ0) is 22.2. The molecule has 1 aliphatic rings. The SMILES string of the molecule is COc1ccc(NC(=O)CSc2nnc3c4c5c(sc4ncn23)CC(C)CC5)c(OC)c1. The molecule has 1 amide bonds. The first kappa shape index (κ1) is 21.0. The van der Waals surface area contributed by atoms with Gasteiger partial charge < -0.3 is 14.8 Å². The summed E-state index contributed by atoms with van der Waals surface area (Å²) in [6, 6.07) is 5.26. The van der Waals surface area contributed by atoms with Gasteiger partial charge in [0.05, 0.1) is 31.0 Å². The smallest absolute Gasteiger partial charge is 0.234 e. The van der Waals surface area contributed by atoms with Crippen LogP contribution in [0.3, 0.4) is 0 Å². The lowest BCUT2D eigenvalue weighted by molar-refractivity contribution is -0.113. The number of thiophene rings is 1. The zero-order valence-electron chi connectivity index (χ0n) is 18.0. The number of nitrogens with one attached hydrogen (secondary N) is 1. The van der Waals surface area contributed by atoms with Gasteiger partial charge in [0.1, 0.15) is 22.7 Å². The van der Waals surface area contributed by atoms with Crippen LogP contribution >= 0.6 is 23.1 Å². The number of aryl methyl sites for hydroxylation is 1. The summed E-state index contributed by atoms with van der Waals surface area (Å²) in [5.41, 5.74) is 2.78. The van der Waals surface area contributed by atoms with E-state index in [9.17, 15) is 4.79 Å². The number of nitrogens with zero attached hydrogens (tertiary/aromatic N) is 4. The molecule has 32 heavy (non-hydrogen) atoms. The first-order chi connectivity index (χ1) is 15.6. The Morgan fingerprint density at radius 1 is 1.31 bits per heavy atom. The molecule has 1 aromatic carbocycles. The number of carbonyl (C=O) groups excluding carboxylic acids is 1. The van der Waals surface area contributed by atoms with Crippen molar-refractivity contribution in [3.05, 3.63) is 35.0 Å². The van der Waals surface area contributed by atoms with Gasteiger partial charge in [0.15, 0.2) is 10.8 Å². The van der Waals surface area contributed by atoms with Crippen LogP contribution in [0.4, 0.5) is 5.69 Å². The van der Waals surface area contributed by atoms with E-state index < -0.39 is 0 Å². The summed E-state index contributed by atoms with van der Waals surface area (Å²) < 4.78 is 12.4. The average Bonchev–Trinajstić information content (AvgIpc) is 3.38. The Bertz CT molecular complexity index is 1320. The fraction of sp³-hybridized carbons (Fsp3) is 0.364. The normalized spacial score (nSPS) is 15.7. The predicted molar refractivity (Wildman–Crippen MR) is 126 cm³/mol. The highest BCUT2D eigenvalue weighted by Crippen LogP contribution is 2.39. The van der Waals surface area contributed by atoms with Crippen LogP contribution in [-0.2, 0) is 17.6 Å². The highest BCUT2D eigenvalue weighted by atomic mass is 32.2. The Morgan fingerprint density at radius 3 is 3.00 bits per heavy atom. The standard InChI is InChI=1S/C22H23N5O3S2/c1-12-4-6-14-17(8-12)32-21-19(14)20-25-26-22(27(20)11-23-21)31-10-18(28)24-15-7-5-13(29-2)9-16(15)30-3/h5,7,9,11-12H,4,6,8,10H2,1-3H3,(H,24,28). The van der Waals surface area contributed by atoms with E-state index in [4.69, 9.17) is 9.47 Å². The monoisotopic (exact) mass is 469 g/mol. The summed E-state index contributed by atoms with van der Waals surface area (Å²) in [5, 5.41) is 13.4. The number of ether oxygens (including phenoxy) is 2. The molecule has 0 aliphatic heterocycles. The number of anilines is 1. The van der Waals surface area contributed by atoms with E-state index in [1.54, 1.807) is 50.1 Å². The van der Waals surface area contributed by atoms with Crippen LogP contribution < -0.4 is 14.8 Å². The van der Waals surface area contributed by atoms with Gasteiger partial charge in [0, 0.05) is 10.9 Å². The summed E-state index contributed by atoms with van der Waals surface area (Å²) in [6.07, 6.45) is 5.10. The van der Waals surface area contributed by atoms with Gasteiger partial charge in [0.2, 0.25) is 5.91 Å². The van der Waals surface area contributed by atoms with Gasteiger partial charge in [-0.3, -0.25) is 9.20 Å². The fourth-order valence-electron chi connectivity index (χ4n) is 4.04. The van der Waals surface area contributed by atoms with Gasteiger partial charge in [0.25, 0.3) is 0 Å². The maximum atomic E-state index is 12.6. The second-order valence-corrected chi connectivity index (χ2v) is 9.88. The molecule has 3 aromatic heterocycles. The molecule has 0 bridgehead atoms. The van der Waals surface area contributed by atoms with E-state index in [2.05, 4.69) is 27.4 Å². The van der Waals surface area contributed by atoms with E-state index in [1.807, 2.05) is 4.40 Å². The third-order valence-electron chi connectivity index (χ3n) is 5.69. The van der Waals surface area contributed by atoms with Crippen LogP contribution in [0.2, 0.25) is 0 Å². The molecule has 8 nitrogen and oxygen atoms in total. The second kappa shape index (κ2) is 8.59. The minimum Gasteiger partial charge on any atom is -0.497 e. The van der Waals surface area contributed by atoms with Crippen molar-refractivity contribution >= 4 is 50.6 Å². The van der Waals surface area contributed by atoms with Gasteiger partial charge in [-0.05, 0) is 42.9 Å². The van der Waals surface area contributed by atoms with Crippen molar-refractivity contribution in [2.24, 2.45) is 5.92 Å². The topological polar surface area (TPSA) is 90.6 Å². The summed E-state index contributed by atoms with van der Waals surface area (Å²) in [5.74, 6) is 1.93. The molecule has 0 saturated heterocycles. The lowest BCUT2D eigenvalue weighted by atomic mass is 9.89. The fourth-order valence-corrected chi connectivity index (χ4v) is 6.08. The molecular weight excluding hydrogens is 446 g/mol. The van der Waals surface area contributed by atoms with Crippen LogP contribution in [0.25, 0.3) is 15.9 Å². The molecule has 1 aliphatic carbocycles. The summed E-state index contributed by atoms with van der Waals surface area (Å²) >= 11 is 3.10. The van der Waals surface area contributed by atoms with Crippen LogP contribution in [0.1, 0.15) is 23.8 Å². The average molecular weight is 470 g/mol. The second-order valence-electron chi connectivity index (χ2n) is 7.86. The number of methoxy groups -OCH3 is 2. The van der Waals surface area contributed by atoms with Gasteiger partial charge in [-0.1, -0.05) is 18.7 Å². The van der Waals surface area contributed by atoms with Crippen molar-refractivity contribution in [3.8, 4) is 11.5 Å². The molecule has 0 fully saturated rings. The number of benzene rings is 1. The minimum absolute atomic E-state index is 0.161. The van der Waals surface area contributed by atoms with E-state index >= 15 is 0 Å². The van der Waals surface area contributed by atoms with Crippen molar-refractivity contribution in [3.63, 3.8) is 0 Å². The maximum Gasteiger partial charge on any atom is 0.234 e. The molecule has 1 atom stereocenters. The molecule has 5 rings (SSSR count). The molecule has 0 spiro atoms. The summed E-state index contributed by atoms with van der Waals surface area (Å²) in [6.45, 7) is 2.30. The van der Waals surface area contributed by atoms with Crippen molar-refractivity contribution in [2.45, 2.75) is 31.3 Å². The van der Waals surface area contributed by atoms with Crippen molar-refractivity contribution in [1.82, 2.24) is 19.6 Å². The molecule has 0 saturated carbocycles. The number of rotatable bonds is 6. The Kier molecular flexibility index (Phi) is 5.64. The number of thioether (sulfide) groups is 1. The number of aromatic nitrogens is 4. The molecule has 10 heteroatoms. The highest BCUT2D eigenvalue weighted by Gasteiger charge is 2.24. The Morgan fingerprint density at radius 2 is 2.19 bits per heavy atom. The van der Waals surface area contributed by atoms with Gasteiger partial charge in [-0.25, -0.2) is 4.98 Å². The lowest BCUT2D eigenvalue weighted by Gasteiger charge is -2.17. The Hall–Kier alpha value is -2.85. The molecule has 0 radical (unpaired) electrons. The predicted octanol–water partition coefficient (Wildman–Crippen LogP) is 4.21. The van der Waals surface area contributed by atoms with Crippen LogP contribution in [0, 0.1) is 5.92 Å². The molecule has 1 N–H and O–H groups in total. The van der Waals surface area contributed by atoms with Crippen LogP contribution in [0.5, 0.6) is 11.5 Å². The van der Waals surface area contributed by atoms with Gasteiger partial charge >= 0.3 is 0 Å². The number of fused-ring (bicyclic) bond motifs is 5. The molecule has 4 aromatic rings. The summed E-state index contributed by atoms with van der Waals surface area (Å²) in [7, 11) is 3.14. The van der Waals surface area contributed by atoms with Gasteiger partial charge in [-0.2, -0.15) is 0 Å². The highest BCUT2D eigenvalue weighted by molar-refractivity contribution is 7.99. The van der Waals surface area contributed by atoms with Crippen molar-refractivity contribution < 1.29 is 14.3 Å². The van der Waals surface area contributed by atoms with E-state index in [0.717, 1.165) is 28.7 Å². The number of amides is 1.